The molecular weight excluding hydrogens is 938 g/mol. The normalized spacial score (nSPS) is 9.81. The van der Waals surface area contributed by atoms with E-state index in [0.717, 1.165) is 88.3 Å². The van der Waals surface area contributed by atoms with Crippen molar-refractivity contribution < 1.29 is 21.1 Å². The molecule has 10 aromatic rings. The molecule has 0 atom stereocenters. The summed E-state index contributed by atoms with van der Waals surface area (Å²) in [7, 11) is 0. The van der Waals surface area contributed by atoms with Crippen molar-refractivity contribution in [2.24, 2.45) is 0 Å². The minimum atomic E-state index is 0. The Hall–Kier alpha value is -6.03. The van der Waals surface area contributed by atoms with Crippen LogP contribution in [-0.4, -0.2) is 19.1 Å². The summed E-state index contributed by atoms with van der Waals surface area (Å²) >= 11 is 0. The van der Waals surface area contributed by atoms with Gasteiger partial charge in [-0.05, 0) is 63.5 Å². The van der Waals surface area contributed by atoms with Crippen molar-refractivity contribution in [1.82, 2.24) is 24.1 Å². The Morgan fingerprint density at radius 3 is 1.52 bits per heavy atom. The molecule has 0 bridgehead atoms. The molecule has 0 spiro atoms. The zero-order valence-corrected chi connectivity index (χ0v) is 40.9. The van der Waals surface area contributed by atoms with Crippen LogP contribution in [0.3, 0.4) is 0 Å². The fourth-order valence-electron chi connectivity index (χ4n) is 7.12. The molecule has 322 valence electrons. The van der Waals surface area contributed by atoms with Crippen LogP contribution in [0.15, 0.2) is 164 Å². The average Bonchev–Trinajstić information content (AvgIpc) is 3.57. The van der Waals surface area contributed by atoms with E-state index < -0.39 is 0 Å². The molecule has 0 radical (unpaired) electrons. The van der Waals surface area contributed by atoms with Crippen molar-refractivity contribution in [3.63, 3.8) is 0 Å². The van der Waals surface area contributed by atoms with Gasteiger partial charge in [0.1, 0.15) is 11.6 Å². The number of benzene rings is 5. The van der Waals surface area contributed by atoms with E-state index in [2.05, 4.69) is 149 Å². The molecular formula is C56H63N5Pt. The first-order chi connectivity index (χ1) is 30.3. The van der Waals surface area contributed by atoms with Crippen molar-refractivity contribution in [1.29, 1.82) is 0 Å². The van der Waals surface area contributed by atoms with E-state index in [9.17, 15) is 0 Å². The second-order valence-corrected chi connectivity index (χ2v) is 12.2. The van der Waals surface area contributed by atoms with E-state index in [4.69, 9.17) is 15.0 Å². The van der Waals surface area contributed by atoms with Crippen LogP contribution in [0, 0.1) is 6.07 Å². The third kappa shape index (κ3) is 10.3. The summed E-state index contributed by atoms with van der Waals surface area (Å²) in [6.45, 7) is 24.0. The van der Waals surface area contributed by atoms with E-state index in [-0.39, 0.29) is 21.1 Å². The second-order valence-electron chi connectivity index (χ2n) is 12.2. The van der Waals surface area contributed by atoms with Crippen molar-refractivity contribution >= 4 is 65.4 Å². The summed E-state index contributed by atoms with van der Waals surface area (Å²) < 4.78 is 4.44. The third-order valence-electron chi connectivity index (χ3n) is 9.36. The van der Waals surface area contributed by atoms with Crippen LogP contribution in [0.1, 0.15) is 83.1 Å². The van der Waals surface area contributed by atoms with E-state index in [1.165, 1.54) is 0 Å². The Balaban J connectivity index is 0.000000730. The molecule has 5 aromatic heterocycles. The summed E-state index contributed by atoms with van der Waals surface area (Å²) in [5, 5.41) is 6.60. The van der Waals surface area contributed by atoms with Gasteiger partial charge in [-0.15, -0.1) is 40.0 Å². The smallest absolute Gasteiger partial charge is 0.656 e. The molecule has 0 unspecified atom stereocenters. The van der Waals surface area contributed by atoms with Crippen molar-refractivity contribution in [2.45, 2.75) is 83.1 Å². The third-order valence-corrected chi connectivity index (χ3v) is 9.36. The predicted molar refractivity (Wildman–Crippen MR) is 269 cm³/mol. The molecule has 0 N–H and O–H groups in total. The number of hydrogen-bond acceptors (Lipinski definition) is 2. The predicted octanol–water partition coefficient (Wildman–Crippen LogP) is 16.7. The molecule has 10 rings (SSSR count). The Labute approximate surface area is 384 Å². The second kappa shape index (κ2) is 25.7. The number of pyridine rings is 2. The minimum Gasteiger partial charge on any atom is -0.656 e. The fourth-order valence-corrected chi connectivity index (χ4v) is 7.12. The van der Waals surface area contributed by atoms with Gasteiger partial charge in [-0.3, -0.25) is 0 Å². The Morgan fingerprint density at radius 2 is 0.919 bits per heavy atom. The molecule has 5 heterocycles. The summed E-state index contributed by atoms with van der Waals surface area (Å²) in [5.74, 6) is 1.63. The zero-order valence-electron chi connectivity index (χ0n) is 38.6. The number of fused-ring (bicyclic) bond motifs is 7. The SMILES string of the molecule is CC.CC.CC.CC.CC.CC.[Pt+2].[c-]1c2c(ccc3ccccc3n2-c2ccccn2)cc2ccc3ccccc3n(-c3cccc(-c4cccc5c4[n-]c4ccccc45)n3)c12. The van der Waals surface area contributed by atoms with Crippen molar-refractivity contribution in [3.05, 3.63) is 170 Å². The van der Waals surface area contributed by atoms with Gasteiger partial charge >= 0.3 is 21.1 Å². The van der Waals surface area contributed by atoms with Crippen LogP contribution in [0.25, 0.3) is 88.3 Å². The minimum absolute atomic E-state index is 0. The van der Waals surface area contributed by atoms with Gasteiger partial charge in [0.05, 0.1) is 16.7 Å². The van der Waals surface area contributed by atoms with E-state index in [1.54, 1.807) is 0 Å². The summed E-state index contributed by atoms with van der Waals surface area (Å²) in [6, 6.07) is 58.7. The molecule has 0 aliphatic rings. The number of rotatable bonds is 3. The topological polar surface area (TPSA) is 49.7 Å². The van der Waals surface area contributed by atoms with Crippen molar-refractivity contribution in [2.75, 3.05) is 0 Å². The average molecular weight is 1000 g/mol. The van der Waals surface area contributed by atoms with Gasteiger partial charge in [0, 0.05) is 6.20 Å². The van der Waals surface area contributed by atoms with Gasteiger partial charge in [0.25, 0.3) is 0 Å². The molecule has 0 saturated heterocycles. The van der Waals surface area contributed by atoms with Crippen LogP contribution in [0.4, 0.5) is 0 Å². The molecule has 0 saturated carbocycles. The number of para-hydroxylation sites is 4. The number of hydrogen-bond donors (Lipinski definition) is 0. The number of aromatic nitrogens is 5. The van der Waals surface area contributed by atoms with Crippen molar-refractivity contribution in [3.8, 4) is 22.9 Å². The van der Waals surface area contributed by atoms with Crippen LogP contribution in [-0.2, 0) is 21.1 Å². The summed E-state index contributed by atoms with van der Waals surface area (Å²) in [5.41, 5.74) is 7.73. The molecule has 5 nitrogen and oxygen atoms in total. The van der Waals surface area contributed by atoms with Gasteiger partial charge in [-0.1, -0.05) is 197 Å². The quantitative estimate of drug-likeness (QED) is 0.166. The standard InChI is InChI=1S/C44H27N5.6C2H6.Pt/c1-5-18-38-29(11-1)22-24-31-27-32-25-23-30-12-2-6-19-39(30)49(41(32)28-40(31)48(38)42-20-7-8-26-45-42)43-21-10-17-37(46-43)35-15-9-14-34-33-13-3-4-16-36(33)47-44(34)35;6*1-2;/h1-27H;6*1-2H3;/q-2;;;;;;;+2. The first-order valence-corrected chi connectivity index (χ1v) is 22.4. The van der Waals surface area contributed by atoms with Gasteiger partial charge in [0.15, 0.2) is 0 Å². The van der Waals surface area contributed by atoms with Crippen LogP contribution in [0.2, 0.25) is 0 Å². The summed E-state index contributed by atoms with van der Waals surface area (Å²) in [6.07, 6.45) is 1.84. The van der Waals surface area contributed by atoms with Crippen LogP contribution in [0.5, 0.6) is 0 Å². The maximum absolute atomic E-state index is 5.37. The molecule has 0 fully saturated rings. The van der Waals surface area contributed by atoms with E-state index >= 15 is 0 Å². The molecule has 0 aliphatic carbocycles. The number of nitrogens with zero attached hydrogens (tertiary/aromatic N) is 5. The zero-order chi connectivity index (χ0) is 44.3. The Morgan fingerprint density at radius 1 is 0.435 bits per heavy atom. The Bertz CT molecular complexity index is 2950. The van der Waals surface area contributed by atoms with Gasteiger partial charge in [0.2, 0.25) is 0 Å². The van der Waals surface area contributed by atoms with Gasteiger partial charge in [-0.2, -0.15) is 6.07 Å². The van der Waals surface area contributed by atoms with Gasteiger partial charge in [-0.25, -0.2) is 9.97 Å². The largest absolute Gasteiger partial charge is 2.00 e. The Kier molecular flexibility index (Phi) is 20.8. The fraction of sp³-hybridized carbons (Fsp3) is 0.214. The molecule has 62 heavy (non-hydrogen) atoms. The maximum atomic E-state index is 5.37. The van der Waals surface area contributed by atoms with Gasteiger partial charge < -0.3 is 14.1 Å². The van der Waals surface area contributed by atoms with Crippen LogP contribution >= 0.6 is 0 Å². The molecule has 0 aliphatic heterocycles. The first-order valence-electron chi connectivity index (χ1n) is 22.4. The summed E-state index contributed by atoms with van der Waals surface area (Å²) in [4.78, 5) is 15.2. The van der Waals surface area contributed by atoms with Crippen LogP contribution < -0.4 is 4.98 Å². The maximum Gasteiger partial charge on any atom is 2.00 e. The van der Waals surface area contributed by atoms with E-state index in [0.29, 0.717) is 0 Å². The monoisotopic (exact) mass is 1000 g/mol. The molecule has 0 amide bonds. The molecule has 5 aromatic carbocycles. The van der Waals surface area contributed by atoms with E-state index in [1.807, 2.05) is 114 Å². The molecule has 6 heteroatoms. The first kappa shape index (κ1) is 50.3.